The first-order valence-corrected chi connectivity index (χ1v) is 10.6. The van der Waals surface area contributed by atoms with Gasteiger partial charge in [0, 0.05) is 50.7 Å². The van der Waals surface area contributed by atoms with E-state index in [1.54, 1.807) is 0 Å². The second kappa shape index (κ2) is 8.25. The minimum atomic E-state index is -0.556. The first-order valence-electron chi connectivity index (χ1n) is 10.6. The van der Waals surface area contributed by atoms with Crippen molar-refractivity contribution in [2.24, 2.45) is 0 Å². The predicted molar refractivity (Wildman–Crippen MR) is 120 cm³/mol. The van der Waals surface area contributed by atoms with E-state index in [2.05, 4.69) is 48.3 Å². The smallest absolute Gasteiger partial charge is 0.221 e. The van der Waals surface area contributed by atoms with Gasteiger partial charge in [0.25, 0.3) is 0 Å². The summed E-state index contributed by atoms with van der Waals surface area (Å²) in [7, 11) is 0. The number of aryl methyl sites for hydroxylation is 2. The summed E-state index contributed by atoms with van der Waals surface area (Å²) in [5.74, 6) is 0.880. The van der Waals surface area contributed by atoms with Crippen LogP contribution >= 0.6 is 0 Å². The van der Waals surface area contributed by atoms with Gasteiger partial charge in [-0.2, -0.15) is 0 Å². The summed E-state index contributed by atoms with van der Waals surface area (Å²) in [6.07, 6.45) is 5.68. The summed E-state index contributed by atoms with van der Waals surface area (Å²) >= 11 is 0. The van der Waals surface area contributed by atoms with Crippen LogP contribution in [0.15, 0.2) is 42.5 Å². The monoisotopic (exact) mass is 406 g/mol. The Morgan fingerprint density at radius 1 is 1.17 bits per heavy atom. The zero-order chi connectivity index (χ0) is 21.3. The average Bonchev–Trinajstić information content (AvgIpc) is 2.71. The van der Waals surface area contributed by atoms with Gasteiger partial charge in [-0.3, -0.25) is 4.79 Å². The van der Waals surface area contributed by atoms with Crippen molar-refractivity contribution < 1.29 is 14.6 Å². The molecule has 0 aliphatic carbocycles. The van der Waals surface area contributed by atoms with Crippen LogP contribution in [-0.2, 0) is 4.79 Å². The summed E-state index contributed by atoms with van der Waals surface area (Å²) in [6.45, 7) is 8.09. The molecule has 30 heavy (non-hydrogen) atoms. The second-order valence-corrected chi connectivity index (χ2v) is 8.59. The number of carbonyl (C=O) groups is 1. The van der Waals surface area contributed by atoms with Crippen molar-refractivity contribution in [3.8, 4) is 5.75 Å². The molecule has 5 nitrogen and oxygen atoms in total. The molecule has 0 saturated carbocycles. The molecule has 1 atom stereocenters. The van der Waals surface area contributed by atoms with E-state index in [1.165, 1.54) is 18.1 Å². The molecule has 4 rings (SSSR count). The maximum Gasteiger partial charge on any atom is 0.221 e. The molecule has 0 radical (unpaired) electrons. The van der Waals surface area contributed by atoms with E-state index >= 15 is 0 Å². The van der Waals surface area contributed by atoms with Gasteiger partial charge in [0.15, 0.2) is 0 Å². The summed E-state index contributed by atoms with van der Waals surface area (Å²) < 4.78 is 6.47. The van der Waals surface area contributed by atoms with Gasteiger partial charge in [-0.05, 0) is 60.9 Å². The number of amides is 1. The van der Waals surface area contributed by atoms with Gasteiger partial charge in [-0.25, -0.2) is 0 Å². The lowest BCUT2D eigenvalue weighted by Crippen LogP contribution is -2.48. The van der Waals surface area contributed by atoms with Crippen LogP contribution in [0.2, 0.25) is 0 Å². The van der Waals surface area contributed by atoms with Crippen molar-refractivity contribution in [1.82, 2.24) is 4.90 Å². The molecule has 0 bridgehead atoms. The fraction of sp³-hybridized carbons (Fsp3) is 0.400. The molecule has 0 unspecified atom stereocenters. The highest BCUT2D eigenvalue weighted by atomic mass is 16.5. The number of hydrogen-bond acceptors (Lipinski definition) is 4. The lowest BCUT2D eigenvalue weighted by Gasteiger charge is -2.42. The minimum Gasteiger partial charge on any atom is -0.482 e. The van der Waals surface area contributed by atoms with Crippen molar-refractivity contribution in [1.29, 1.82) is 0 Å². The number of fused-ring (bicyclic) bond motifs is 1. The fourth-order valence-electron chi connectivity index (χ4n) is 4.25. The van der Waals surface area contributed by atoms with E-state index < -0.39 is 6.10 Å². The Morgan fingerprint density at radius 2 is 1.83 bits per heavy atom. The molecule has 5 heteroatoms. The number of anilines is 1. The number of nitrogens with one attached hydrogen (secondary N) is 1. The highest BCUT2D eigenvalue weighted by Gasteiger charge is 2.37. The number of carbonyl (C=O) groups excluding carboxylic acids is 1. The number of hydrogen-bond donors (Lipinski definition) is 2. The standard InChI is InChI=1S/C25H30N2O3/c1-17-14-21-8-9-25(30-24(21)15-18(17)2)10-12-27(13-11-25)16-23(29)20-4-6-22(7-5-20)26-19(3)28/h4-9,14-15,23,29H,10-13,16H2,1-3H3,(H,26,28)/t23-/m0/s1. The lowest BCUT2D eigenvalue weighted by atomic mass is 9.87. The molecule has 2 N–H and O–H groups in total. The van der Waals surface area contributed by atoms with Crippen molar-refractivity contribution in [3.05, 3.63) is 64.7 Å². The van der Waals surface area contributed by atoms with Gasteiger partial charge in [0.2, 0.25) is 5.91 Å². The summed E-state index contributed by atoms with van der Waals surface area (Å²) in [5, 5.41) is 13.4. The van der Waals surface area contributed by atoms with E-state index in [-0.39, 0.29) is 11.5 Å². The van der Waals surface area contributed by atoms with Crippen LogP contribution in [-0.4, -0.2) is 41.1 Å². The highest BCUT2D eigenvalue weighted by Crippen LogP contribution is 2.38. The van der Waals surface area contributed by atoms with Crippen molar-refractivity contribution in [2.75, 3.05) is 25.0 Å². The number of nitrogens with zero attached hydrogens (tertiary/aromatic N) is 1. The molecular weight excluding hydrogens is 376 g/mol. The highest BCUT2D eigenvalue weighted by molar-refractivity contribution is 5.88. The molecular formula is C25H30N2O3. The third-order valence-corrected chi connectivity index (χ3v) is 6.26. The number of likely N-dealkylation sites (tertiary alicyclic amines) is 1. The number of aliphatic hydroxyl groups is 1. The number of β-amino-alcohol motifs (C(OH)–C–C–N with tert-alkyl or cyclic N) is 1. The first kappa shape index (κ1) is 20.6. The number of benzene rings is 2. The van der Waals surface area contributed by atoms with Gasteiger partial charge >= 0.3 is 0 Å². The van der Waals surface area contributed by atoms with Gasteiger partial charge in [-0.1, -0.05) is 18.2 Å². The zero-order valence-electron chi connectivity index (χ0n) is 17.9. The maximum absolute atomic E-state index is 11.1. The second-order valence-electron chi connectivity index (χ2n) is 8.59. The Bertz CT molecular complexity index is 957. The molecule has 158 valence electrons. The maximum atomic E-state index is 11.1. The molecule has 0 aromatic heterocycles. The molecule has 1 fully saturated rings. The molecule has 1 saturated heterocycles. The van der Waals surface area contributed by atoms with Crippen LogP contribution in [0.4, 0.5) is 5.69 Å². The Balaban J connectivity index is 1.35. The third-order valence-electron chi connectivity index (χ3n) is 6.26. The van der Waals surface area contributed by atoms with Crippen molar-refractivity contribution in [2.45, 2.75) is 45.3 Å². The molecule has 2 aromatic rings. The topological polar surface area (TPSA) is 61.8 Å². The SMILES string of the molecule is CC(=O)Nc1ccc([C@@H](O)CN2CCC3(C=Cc4cc(C)c(C)cc4O3)CC2)cc1. The van der Waals surface area contributed by atoms with Crippen LogP contribution in [0.1, 0.15) is 48.1 Å². The average molecular weight is 407 g/mol. The van der Waals surface area contributed by atoms with Crippen LogP contribution in [0.25, 0.3) is 6.08 Å². The van der Waals surface area contributed by atoms with Crippen molar-refractivity contribution in [3.63, 3.8) is 0 Å². The first-order chi connectivity index (χ1) is 14.3. The largest absolute Gasteiger partial charge is 0.482 e. The summed E-state index contributed by atoms with van der Waals surface area (Å²) in [4.78, 5) is 13.4. The Hall–Kier alpha value is -2.63. The van der Waals surface area contributed by atoms with Crippen LogP contribution in [0.3, 0.4) is 0 Å². The van der Waals surface area contributed by atoms with Crippen LogP contribution in [0.5, 0.6) is 5.75 Å². The third kappa shape index (κ3) is 4.42. The van der Waals surface area contributed by atoms with Gasteiger partial charge in [-0.15, -0.1) is 0 Å². The van der Waals surface area contributed by atoms with Crippen LogP contribution < -0.4 is 10.1 Å². The summed E-state index contributed by atoms with van der Waals surface area (Å²) in [6, 6.07) is 11.7. The number of ether oxygens (including phenoxy) is 1. The summed E-state index contributed by atoms with van der Waals surface area (Å²) in [5.41, 5.74) is 5.06. The molecule has 2 heterocycles. The van der Waals surface area contributed by atoms with E-state index in [0.717, 1.165) is 48.5 Å². The molecule has 1 amide bonds. The quantitative estimate of drug-likeness (QED) is 0.797. The Kier molecular flexibility index (Phi) is 5.67. The molecule has 2 aromatic carbocycles. The normalized spacial score (nSPS) is 18.5. The van der Waals surface area contributed by atoms with E-state index in [4.69, 9.17) is 4.74 Å². The molecule has 1 spiro atoms. The van der Waals surface area contributed by atoms with Gasteiger partial charge < -0.3 is 20.1 Å². The fourth-order valence-corrected chi connectivity index (χ4v) is 4.25. The van der Waals surface area contributed by atoms with Crippen molar-refractivity contribution >= 4 is 17.7 Å². The van der Waals surface area contributed by atoms with Gasteiger partial charge in [0.1, 0.15) is 11.4 Å². The predicted octanol–water partition coefficient (Wildman–Crippen LogP) is 4.24. The lowest BCUT2D eigenvalue weighted by molar-refractivity contribution is -0.114. The molecule has 2 aliphatic rings. The van der Waals surface area contributed by atoms with E-state index in [1.807, 2.05) is 24.3 Å². The molecule has 2 aliphatic heterocycles. The number of aliphatic hydroxyl groups excluding tert-OH is 1. The van der Waals surface area contributed by atoms with E-state index in [0.29, 0.717) is 6.54 Å². The zero-order valence-corrected chi connectivity index (χ0v) is 17.9. The Morgan fingerprint density at radius 3 is 2.50 bits per heavy atom. The Labute approximate surface area is 178 Å². The number of rotatable bonds is 4. The number of piperidine rings is 1. The minimum absolute atomic E-state index is 0.0996. The van der Waals surface area contributed by atoms with E-state index in [9.17, 15) is 9.90 Å². The van der Waals surface area contributed by atoms with Gasteiger partial charge in [0.05, 0.1) is 6.10 Å². The van der Waals surface area contributed by atoms with Crippen LogP contribution in [0, 0.1) is 13.8 Å².